The van der Waals surface area contributed by atoms with Crippen LogP contribution in [0.3, 0.4) is 0 Å². The topological polar surface area (TPSA) is 112 Å². The Hall–Kier alpha value is -2.90. The highest BCUT2D eigenvalue weighted by Gasteiger charge is 2.08. The van der Waals surface area contributed by atoms with Crippen LogP contribution in [0.1, 0.15) is 11.3 Å². The van der Waals surface area contributed by atoms with Crippen LogP contribution in [0.5, 0.6) is 0 Å². The average Bonchev–Trinajstić information content (AvgIpc) is 3.02. The molecule has 0 spiro atoms. The minimum Gasteiger partial charge on any atom is -0.384 e. The zero-order chi connectivity index (χ0) is 14.8. The van der Waals surface area contributed by atoms with Crippen molar-refractivity contribution in [2.45, 2.75) is 20.0 Å². The van der Waals surface area contributed by atoms with Gasteiger partial charge in [-0.2, -0.15) is 5.10 Å². The lowest BCUT2D eigenvalue weighted by molar-refractivity contribution is -0.122. The molecule has 108 valence electrons. The lowest BCUT2D eigenvalue weighted by atomic mass is 10.2. The maximum absolute atomic E-state index is 11.9. The molecule has 3 rings (SSSR count). The maximum atomic E-state index is 11.9. The monoisotopic (exact) mass is 286 g/mol. The molecule has 21 heavy (non-hydrogen) atoms. The lowest BCUT2D eigenvalue weighted by Crippen LogP contribution is -2.28. The fourth-order valence-electron chi connectivity index (χ4n) is 2.02. The number of nitrogens with one attached hydrogen (secondary N) is 1. The van der Waals surface area contributed by atoms with E-state index in [1.165, 1.54) is 4.68 Å². The van der Waals surface area contributed by atoms with Gasteiger partial charge in [-0.3, -0.25) is 4.79 Å². The molecule has 0 saturated heterocycles. The Labute approximate surface area is 119 Å². The van der Waals surface area contributed by atoms with E-state index in [2.05, 4.69) is 25.4 Å². The van der Waals surface area contributed by atoms with E-state index >= 15 is 0 Å². The number of hydrogen-bond acceptors (Lipinski definition) is 6. The van der Waals surface area contributed by atoms with Gasteiger partial charge in [-0.1, -0.05) is 6.07 Å². The Kier molecular flexibility index (Phi) is 3.27. The standard InChI is InChI=1S/C13H14N6O2/c1-8-4-12(14)19(16-8)7-13(20)15-6-9-2-3-10-11(5-9)18-21-17-10/h2-5H,6-7,14H2,1H3,(H,15,20). The first-order valence-corrected chi connectivity index (χ1v) is 6.39. The highest BCUT2D eigenvalue weighted by atomic mass is 16.6. The van der Waals surface area contributed by atoms with Crippen LogP contribution in [0.4, 0.5) is 5.82 Å². The quantitative estimate of drug-likeness (QED) is 0.727. The predicted octanol–water partition coefficient (Wildman–Crippen LogP) is 0.626. The number of carbonyl (C=O) groups excluding carboxylic acids is 1. The van der Waals surface area contributed by atoms with Gasteiger partial charge in [-0.25, -0.2) is 9.31 Å². The molecule has 0 bridgehead atoms. The molecule has 1 aromatic carbocycles. The Balaban J connectivity index is 1.61. The van der Waals surface area contributed by atoms with Crippen molar-refractivity contribution in [2.24, 2.45) is 0 Å². The minimum absolute atomic E-state index is 0.0907. The zero-order valence-corrected chi connectivity index (χ0v) is 11.4. The number of rotatable bonds is 4. The number of hydrogen-bond donors (Lipinski definition) is 2. The second kappa shape index (κ2) is 5.23. The van der Waals surface area contributed by atoms with Gasteiger partial charge in [0, 0.05) is 12.6 Å². The summed E-state index contributed by atoms with van der Waals surface area (Å²) >= 11 is 0. The first-order valence-electron chi connectivity index (χ1n) is 6.39. The third-order valence-corrected chi connectivity index (χ3v) is 3.03. The molecule has 2 aromatic heterocycles. The fraction of sp³-hybridized carbons (Fsp3) is 0.231. The Morgan fingerprint density at radius 2 is 2.14 bits per heavy atom. The van der Waals surface area contributed by atoms with Crippen LogP contribution in [0.25, 0.3) is 11.0 Å². The number of nitrogens with zero attached hydrogens (tertiary/aromatic N) is 4. The van der Waals surface area contributed by atoms with Gasteiger partial charge in [0.1, 0.15) is 23.4 Å². The second-order valence-corrected chi connectivity index (χ2v) is 4.73. The predicted molar refractivity (Wildman–Crippen MR) is 75.0 cm³/mol. The zero-order valence-electron chi connectivity index (χ0n) is 11.4. The maximum Gasteiger partial charge on any atom is 0.242 e. The van der Waals surface area contributed by atoms with E-state index in [-0.39, 0.29) is 12.5 Å². The van der Waals surface area contributed by atoms with Crippen LogP contribution in [0, 0.1) is 6.92 Å². The van der Waals surface area contributed by atoms with Gasteiger partial charge in [0.25, 0.3) is 0 Å². The minimum atomic E-state index is -0.164. The molecule has 0 saturated carbocycles. The first-order chi connectivity index (χ1) is 10.1. The third kappa shape index (κ3) is 2.83. The number of aryl methyl sites for hydroxylation is 1. The normalized spacial score (nSPS) is 10.9. The molecule has 8 nitrogen and oxygen atoms in total. The molecule has 0 atom stereocenters. The van der Waals surface area contributed by atoms with E-state index in [0.717, 1.165) is 11.3 Å². The van der Waals surface area contributed by atoms with Crippen molar-refractivity contribution in [3.8, 4) is 0 Å². The molecule has 0 aliphatic rings. The van der Waals surface area contributed by atoms with Crippen molar-refractivity contribution >= 4 is 22.8 Å². The van der Waals surface area contributed by atoms with Crippen LogP contribution in [-0.2, 0) is 17.9 Å². The SMILES string of the molecule is Cc1cc(N)n(CC(=O)NCc2ccc3nonc3c2)n1. The van der Waals surface area contributed by atoms with E-state index < -0.39 is 0 Å². The number of carbonyl (C=O) groups is 1. The highest BCUT2D eigenvalue weighted by Crippen LogP contribution is 2.11. The van der Waals surface area contributed by atoms with Crippen LogP contribution >= 0.6 is 0 Å². The Bertz CT molecular complexity index is 791. The van der Waals surface area contributed by atoms with Crippen LogP contribution < -0.4 is 11.1 Å². The van der Waals surface area contributed by atoms with Gasteiger partial charge in [0.15, 0.2) is 0 Å². The van der Waals surface area contributed by atoms with Crippen molar-refractivity contribution in [1.82, 2.24) is 25.4 Å². The van der Waals surface area contributed by atoms with E-state index in [1.54, 1.807) is 12.1 Å². The average molecular weight is 286 g/mol. The van der Waals surface area contributed by atoms with Gasteiger partial charge in [-0.15, -0.1) is 0 Å². The summed E-state index contributed by atoms with van der Waals surface area (Å²) in [6, 6.07) is 7.19. The molecule has 0 aliphatic carbocycles. The van der Waals surface area contributed by atoms with Gasteiger partial charge in [0.2, 0.25) is 5.91 Å². The number of aromatic nitrogens is 4. The smallest absolute Gasteiger partial charge is 0.242 e. The lowest BCUT2D eigenvalue weighted by Gasteiger charge is -2.06. The van der Waals surface area contributed by atoms with E-state index in [0.29, 0.717) is 23.4 Å². The van der Waals surface area contributed by atoms with E-state index in [4.69, 9.17) is 5.73 Å². The molecule has 0 fully saturated rings. The van der Waals surface area contributed by atoms with Gasteiger partial charge >= 0.3 is 0 Å². The van der Waals surface area contributed by atoms with Crippen molar-refractivity contribution in [2.75, 3.05) is 5.73 Å². The third-order valence-electron chi connectivity index (χ3n) is 3.03. The number of benzene rings is 1. The number of amides is 1. The number of fused-ring (bicyclic) bond motifs is 1. The van der Waals surface area contributed by atoms with Crippen molar-refractivity contribution in [3.63, 3.8) is 0 Å². The molecular weight excluding hydrogens is 272 g/mol. The highest BCUT2D eigenvalue weighted by molar-refractivity contribution is 5.77. The van der Waals surface area contributed by atoms with Crippen LogP contribution in [0.15, 0.2) is 28.9 Å². The van der Waals surface area contributed by atoms with Gasteiger partial charge in [-0.05, 0) is 34.9 Å². The molecule has 2 heterocycles. The van der Waals surface area contributed by atoms with Crippen LogP contribution in [-0.4, -0.2) is 26.0 Å². The molecule has 8 heteroatoms. The van der Waals surface area contributed by atoms with Crippen LogP contribution in [0.2, 0.25) is 0 Å². The molecule has 3 N–H and O–H groups in total. The fourth-order valence-corrected chi connectivity index (χ4v) is 2.02. The largest absolute Gasteiger partial charge is 0.384 e. The summed E-state index contributed by atoms with van der Waals surface area (Å²) in [6.45, 7) is 2.31. The van der Waals surface area contributed by atoms with Crippen molar-refractivity contribution in [3.05, 3.63) is 35.5 Å². The van der Waals surface area contributed by atoms with E-state index in [9.17, 15) is 4.79 Å². The number of nitrogen functional groups attached to an aromatic ring is 1. The molecule has 0 radical (unpaired) electrons. The summed E-state index contributed by atoms with van der Waals surface area (Å²) in [5.41, 5.74) is 8.78. The summed E-state index contributed by atoms with van der Waals surface area (Å²) in [6.07, 6.45) is 0. The van der Waals surface area contributed by atoms with Gasteiger partial charge in [0.05, 0.1) is 5.69 Å². The Morgan fingerprint density at radius 3 is 2.90 bits per heavy atom. The summed E-state index contributed by atoms with van der Waals surface area (Å²) in [7, 11) is 0. The molecule has 0 aliphatic heterocycles. The molecule has 1 amide bonds. The summed E-state index contributed by atoms with van der Waals surface area (Å²) < 4.78 is 6.09. The molecule has 0 unspecified atom stereocenters. The molecular formula is C13H14N6O2. The number of nitrogens with two attached hydrogens (primary N) is 1. The first kappa shape index (κ1) is 13.1. The number of anilines is 1. The molecule has 3 aromatic rings. The second-order valence-electron chi connectivity index (χ2n) is 4.73. The van der Waals surface area contributed by atoms with E-state index in [1.807, 2.05) is 19.1 Å². The van der Waals surface area contributed by atoms with Gasteiger partial charge < -0.3 is 11.1 Å². The van der Waals surface area contributed by atoms with Crippen molar-refractivity contribution in [1.29, 1.82) is 0 Å². The van der Waals surface area contributed by atoms with Crippen molar-refractivity contribution < 1.29 is 9.42 Å². The Morgan fingerprint density at radius 1 is 1.33 bits per heavy atom. The summed E-state index contributed by atoms with van der Waals surface area (Å²) in [4.78, 5) is 11.9. The summed E-state index contributed by atoms with van der Waals surface area (Å²) in [5.74, 6) is 0.306. The summed E-state index contributed by atoms with van der Waals surface area (Å²) in [5, 5.41) is 14.4.